The number of hydrogen-bond donors (Lipinski definition) is 1. The molecule has 78 valence electrons. The van der Waals surface area contributed by atoms with Crippen molar-refractivity contribution in [2.24, 2.45) is 5.73 Å². The van der Waals surface area contributed by atoms with Crippen molar-refractivity contribution in [3.63, 3.8) is 0 Å². The molecule has 0 aliphatic heterocycles. The van der Waals surface area contributed by atoms with E-state index in [1.165, 1.54) is 4.90 Å². The molecule has 4 nitrogen and oxygen atoms in total. The Bertz CT molecular complexity index is 193. The molecule has 5 heteroatoms. The van der Waals surface area contributed by atoms with Gasteiger partial charge in [-0.25, -0.2) is 0 Å². The minimum absolute atomic E-state index is 0.0541. The Kier molecular flexibility index (Phi) is 5.90. The Morgan fingerprint density at radius 1 is 1.54 bits per heavy atom. The third-order valence-corrected chi connectivity index (χ3v) is 2.84. The molecule has 0 aromatic carbocycles. The molecule has 13 heavy (non-hydrogen) atoms. The van der Waals surface area contributed by atoms with Gasteiger partial charge in [-0.1, -0.05) is 0 Å². The standard InChI is InChI=1S/C8H18N2O2S/c1-7(9)4-5-13(12)6-8(11)10(2)3/h7H,4-6,9H2,1-3H3. The third-order valence-electron chi connectivity index (χ3n) is 1.58. The topological polar surface area (TPSA) is 63.4 Å². The van der Waals surface area contributed by atoms with Gasteiger partial charge in [0.15, 0.2) is 0 Å². The average molecular weight is 206 g/mol. The van der Waals surface area contributed by atoms with Crippen LogP contribution in [0.4, 0.5) is 0 Å². The maximum absolute atomic E-state index is 11.3. The minimum atomic E-state index is -1.06. The lowest BCUT2D eigenvalue weighted by atomic mass is 10.3. The van der Waals surface area contributed by atoms with Crippen molar-refractivity contribution in [2.75, 3.05) is 25.6 Å². The van der Waals surface area contributed by atoms with E-state index in [1.54, 1.807) is 14.1 Å². The van der Waals surface area contributed by atoms with Gasteiger partial charge in [0.05, 0.1) is 0 Å². The van der Waals surface area contributed by atoms with Crippen molar-refractivity contribution in [3.8, 4) is 0 Å². The van der Waals surface area contributed by atoms with Crippen LogP contribution in [0.2, 0.25) is 0 Å². The summed E-state index contributed by atoms with van der Waals surface area (Å²) in [6.45, 7) is 1.87. The first-order valence-electron chi connectivity index (χ1n) is 4.24. The van der Waals surface area contributed by atoms with Gasteiger partial charge in [0.1, 0.15) is 5.75 Å². The van der Waals surface area contributed by atoms with E-state index in [-0.39, 0.29) is 17.7 Å². The van der Waals surface area contributed by atoms with E-state index in [0.29, 0.717) is 12.2 Å². The van der Waals surface area contributed by atoms with Crippen LogP contribution < -0.4 is 5.73 Å². The van der Waals surface area contributed by atoms with E-state index in [1.807, 2.05) is 6.92 Å². The monoisotopic (exact) mass is 206 g/mol. The first-order valence-corrected chi connectivity index (χ1v) is 5.73. The third kappa shape index (κ3) is 6.72. The zero-order valence-electron chi connectivity index (χ0n) is 8.45. The molecule has 0 spiro atoms. The quantitative estimate of drug-likeness (QED) is 0.663. The number of carbonyl (C=O) groups is 1. The molecule has 2 N–H and O–H groups in total. The van der Waals surface area contributed by atoms with Crippen LogP contribution in [-0.2, 0) is 15.6 Å². The highest BCUT2D eigenvalue weighted by Gasteiger charge is 2.09. The normalized spacial score (nSPS) is 15.1. The minimum Gasteiger partial charge on any atom is -0.348 e. The summed E-state index contributed by atoms with van der Waals surface area (Å²) in [5, 5.41) is 0. The molecule has 2 unspecified atom stereocenters. The number of rotatable bonds is 5. The van der Waals surface area contributed by atoms with Gasteiger partial charge < -0.3 is 10.6 Å². The van der Waals surface area contributed by atoms with Gasteiger partial charge in [-0.2, -0.15) is 0 Å². The van der Waals surface area contributed by atoms with Gasteiger partial charge >= 0.3 is 0 Å². The van der Waals surface area contributed by atoms with Crippen molar-refractivity contribution in [2.45, 2.75) is 19.4 Å². The number of amides is 1. The Hall–Kier alpha value is -0.420. The van der Waals surface area contributed by atoms with Crippen LogP contribution in [0.15, 0.2) is 0 Å². The molecule has 0 radical (unpaired) electrons. The second kappa shape index (κ2) is 6.10. The molecule has 2 atom stereocenters. The highest BCUT2D eigenvalue weighted by atomic mass is 32.2. The maximum Gasteiger partial charge on any atom is 0.234 e. The Morgan fingerprint density at radius 2 is 2.08 bits per heavy atom. The highest BCUT2D eigenvalue weighted by molar-refractivity contribution is 7.85. The Labute approximate surface area is 81.9 Å². The molecule has 0 aliphatic rings. The van der Waals surface area contributed by atoms with Crippen molar-refractivity contribution >= 4 is 16.7 Å². The van der Waals surface area contributed by atoms with E-state index in [2.05, 4.69) is 0 Å². The average Bonchev–Trinajstić information content (AvgIpc) is 2.00. The van der Waals surface area contributed by atoms with Crippen LogP contribution in [0.25, 0.3) is 0 Å². The molecule has 0 fully saturated rings. The van der Waals surface area contributed by atoms with E-state index in [4.69, 9.17) is 5.73 Å². The van der Waals surface area contributed by atoms with Crippen molar-refractivity contribution in [1.29, 1.82) is 0 Å². The molecular weight excluding hydrogens is 188 g/mol. The zero-order chi connectivity index (χ0) is 10.4. The van der Waals surface area contributed by atoms with Crippen LogP contribution in [0, 0.1) is 0 Å². The molecule has 0 aromatic rings. The molecule has 0 heterocycles. The van der Waals surface area contributed by atoms with Crippen LogP contribution in [0.3, 0.4) is 0 Å². The highest BCUT2D eigenvalue weighted by Crippen LogP contribution is 1.93. The first-order chi connectivity index (χ1) is 5.93. The van der Waals surface area contributed by atoms with E-state index >= 15 is 0 Å². The zero-order valence-corrected chi connectivity index (χ0v) is 9.26. The van der Waals surface area contributed by atoms with Crippen LogP contribution in [0.5, 0.6) is 0 Å². The molecule has 0 rings (SSSR count). The molecule has 0 saturated carbocycles. The Morgan fingerprint density at radius 3 is 2.46 bits per heavy atom. The summed E-state index contributed by atoms with van der Waals surface area (Å²) < 4.78 is 11.3. The van der Waals surface area contributed by atoms with Gasteiger partial charge in [0, 0.05) is 36.7 Å². The van der Waals surface area contributed by atoms with E-state index < -0.39 is 10.8 Å². The van der Waals surface area contributed by atoms with Gasteiger partial charge in [-0.15, -0.1) is 0 Å². The second-order valence-electron chi connectivity index (χ2n) is 3.34. The van der Waals surface area contributed by atoms with Crippen molar-refractivity contribution in [3.05, 3.63) is 0 Å². The number of carbonyl (C=O) groups excluding carboxylic acids is 1. The van der Waals surface area contributed by atoms with Crippen molar-refractivity contribution < 1.29 is 9.00 Å². The summed E-state index contributed by atoms with van der Waals surface area (Å²) in [6.07, 6.45) is 0.702. The number of nitrogens with two attached hydrogens (primary N) is 1. The lowest BCUT2D eigenvalue weighted by molar-refractivity contribution is -0.125. The second-order valence-corrected chi connectivity index (χ2v) is 4.92. The fraction of sp³-hybridized carbons (Fsp3) is 0.875. The lowest BCUT2D eigenvalue weighted by Gasteiger charge is -2.10. The molecule has 0 saturated heterocycles. The first kappa shape index (κ1) is 12.6. The summed E-state index contributed by atoms with van der Waals surface area (Å²) in [7, 11) is 2.25. The van der Waals surface area contributed by atoms with Crippen LogP contribution >= 0.6 is 0 Å². The summed E-state index contributed by atoms with van der Waals surface area (Å²) >= 11 is 0. The number of nitrogens with zero attached hydrogens (tertiary/aromatic N) is 1. The molecule has 0 bridgehead atoms. The predicted molar refractivity (Wildman–Crippen MR) is 54.8 cm³/mol. The molecule has 0 aromatic heterocycles. The fourth-order valence-corrected chi connectivity index (χ4v) is 1.97. The molecule has 1 amide bonds. The van der Waals surface area contributed by atoms with E-state index in [9.17, 15) is 9.00 Å². The van der Waals surface area contributed by atoms with Gasteiger partial charge in [-0.05, 0) is 13.3 Å². The smallest absolute Gasteiger partial charge is 0.234 e. The summed E-state index contributed by atoms with van der Waals surface area (Å²) in [6, 6.07) is 0.0541. The summed E-state index contributed by atoms with van der Waals surface area (Å²) in [5.41, 5.74) is 5.50. The fourth-order valence-electron chi connectivity index (χ4n) is 0.656. The van der Waals surface area contributed by atoms with Gasteiger partial charge in [0.2, 0.25) is 5.91 Å². The van der Waals surface area contributed by atoms with Crippen LogP contribution in [-0.4, -0.2) is 46.7 Å². The summed E-state index contributed by atoms with van der Waals surface area (Å²) in [4.78, 5) is 12.5. The van der Waals surface area contributed by atoms with Crippen LogP contribution in [0.1, 0.15) is 13.3 Å². The SMILES string of the molecule is CC(N)CCS(=O)CC(=O)N(C)C. The predicted octanol–water partition coefficient (Wildman–Crippen LogP) is -0.439. The Balaban J connectivity index is 3.69. The summed E-state index contributed by atoms with van der Waals surface area (Å²) in [5.74, 6) is 0.528. The van der Waals surface area contributed by atoms with Gasteiger partial charge in [-0.3, -0.25) is 9.00 Å². The maximum atomic E-state index is 11.3. The molecule has 0 aliphatic carbocycles. The lowest BCUT2D eigenvalue weighted by Crippen LogP contribution is -2.28. The number of hydrogen-bond acceptors (Lipinski definition) is 3. The largest absolute Gasteiger partial charge is 0.348 e. The molecular formula is C8H18N2O2S. The van der Waals surface area contributed by atoms with Gasteiger partial charge in [0.25, 0.3) is 0 Å². The van der Waals surface area contributed by atoms with E-state index in [0.717, 1.165) is 0 Å². The van der Waals surface area contributed by atoms with Crippen molar-refractivity contribution in [1.82, 2.24) is 4.90 Å².